The Morgan fingerprint density at radius 3 is 2.14 bits per heavy atom. The van der Waals surface area contributed by atoms with Crippen molar-refractivity contribution in [2.75, 3.05) is 5.75 Å². The molecule has 116 valence electrons. The van der Waals surface area contributed by atoms with Gasteiger partial charge in [-0.3, -0.25) is 4.79 Å². The summed E-state index contributed by atoms with van der Waals surface area (Å²) in [5.74, 6) is -2.82. The lowest BCUT2D eigenvalue weighted by atomic mass is 10.1. The molecule has 1 rings (SSSR count). The Kier molecular flexibility index (Phi) is 5.90. The lowest BCUT2D eigenvalue weighted by molar-refractivity contribution is -0.140. The van der Waals surface area contributed by atoms with Gasteiger partial charge in [0.15, 0.2) is 9.84 Å². The van der Waals surface area contributed by atoms with Gasteiger partial charge in [-0.2, -0.15) is 0 Å². The monoisotopic (exact) mass is 313 g/mol. The van der Waals surface area contributed by atoms with Crippen molar-refractivity contribution in [3.63, 3.8) is 0 Å². The molecule has 1 amide bonds. The zero-order valence-corrected chi connectivity index (χ0v) is 12.8. The van der Waals surface area contributed by atoms with E-state index in [1.807, 2.05) is 19.1 Å². The van der Waals surface area contributed by atoms with Gasteiger partial charge in [0.2, 0.25) is 5.91 Å². The lowest BCUT2D eigenvalue weighted by Crippen LogP contribution is -2.44. The number of carboxylic acid groups (broad SMARTS) is 1. The molecule has 0 saturated carbocycles. The first-order valence-electron chi connectivity index (χ1n) is 6.51. The van der Waals surface area contributed by atoms with E-state index in [0.717, 1.165) is 18.9 Å². The number of aliphatic carboxylic acids is 1. The van der Waals surface area contributed by atoms with E-state index in [1.165, 1.54) is 0 Å². The van der Waals surface area contributed by atoms with Gasteiger partial charge in [0.05, 0.1) is 11.5 Å². The van der Waals surface area contributed by atoms with Crippen LogP contribution in [0.5, 0.6) is 0 Å². The highest BCUT2D eigenvalue weighted by atomic mass is 32.2. The highest BCUT2D eigenvalue weighted by molar-refractivity contribution is 7.90. The molecule has 0 aliphatic carbocycles. The van der Waals surface area contributed by atoms with Crippen molar-refractivity contribution in [2.45, 2.75) is 32.1 Å². The van der Waals surface area contributed by atoms with Crippen LogP contribution >= 0.6 is 0 Å². The summed E-state index contributed by atoms with van der Waals surface area (Å²) < 4.78 is 24.1. The summed E-state index contributed by atoms with van der Waals surface area (Å²) >= 11 is 0. The van der Waals surface area contributed by atoms with Gasteiger partial charge in [0.1, 0.15) is 6.04 Å². The number of carbonyl (C=O) groups excluding carboxylic acids is 1. The zero-order valence-electron chi connectivity index (χ0n) is 12.0. The Bertz CT molecular complexity index is 607. The van der Waals surface area contributed by atoms with Crippen LogP contribution in [0.15, 0.2) is 24.3 Å². The van der Waals surface area contributed by atoms with E-state index in [2.05, 4.69) is 5.32 Å². The predicted octanol–water partition coefficient (Wildman–Crippen LogP) is 0.753. The van der Waals surface area contributed by atoms with Crippen LogP contribution in [0, 0.1) is 0 Å². The van der Waals surface area contributed by atoms with Crippen molar-refractivity contribution in [1.29, 1.82) is 0 Å². The summed E-state index contributed by atoms with van der Waals surface area (Å²) in [6.07, 6.45) is 0.858. The van der Waals surface area contributed by atoms with Crippen molar-refractivity contribution in [2.24, 2.45) is 0 Å². The third-order valence-electron chi connectivity index (χ3n) is 2.91. The van der Waals surface area contributed by atoms with Gasteiger partial charge < -0.3 is 10.4 Å². The molecule has 0 spiro atoms. The van der Waals surface area contributed by atoms with E-state index in [0.29, 0.717) is 5.56 Å². The highest BCUT2D eigenvalue weighted by Gasteiger charge is 2.26. The number of nitrogens with one attached hydrogen (secondary N) is 1. The second-order valence-corrected chi connectivity index (χ2v) is 6.93. The Labute approximate surface area is 124 Å². The molecule has 0 saturated heterocycles. The van der Waals surface area contributed by atoms with Crippen LogP contribution in [0.1, 0.15) is 25.0 Å². The van der Waals surface area contributed by atoms with Crippen molar-refractivity contribution < 1.29 is 23.1 Å². The zero-order chi connectivity index (χ0) is 16.0. The van der Waals surface area contributed by atoms with Gasteiger partial charge in [0, 0.05) is 6.92 Å². The molecule has 1 aromatic carbocycles. The second kappa shape index (κ2) is 7.21. The number of sulfone groups is 1. The fourth-order valence-electron chi connectivity index (χ4n) is 1.86. The Morgan fingerprint density at radius 1 is 1.19 bits per heavy atom. The van der Waals surface area contributed by atoms with E-state index in [1.54, 1.807) is 12.1 Å². The van der Waals surface area contributed by atoms with Crippen LogP contribution in [-0.4, -0.2) is 37.2 Å². The summed E-state index contributed by atoms with van der Waals surface area (Å²) in [7, 11) is -3.64. The van der Waals surface area contributed by atoms with Gasteiger partial charge in [0.25, 0.3) is 0 Å². The van der Waals surface area contributed by atoms with Crippen LogP contribution in [0.2, 0.25) is 0 Å². The maximum atomic E-state index is 12.0. The molecule has 1 atom stereocenters. The minimum atomic E-state index is -3.64. The first-order valence-corrected chi connectivity index (χ1v) is 8.34. The molecule has 7 heteroatoms. The van der Waals surface area contributed by atoms with E-state index >= 15 is 0 Å². The molecule has 21 heavy (non-hydrogen) atoms. The molecule has 0 heterocycles. The molecule has 0 bridgehead atoms. The molecule has 1 aromatic rings. The third kappa shape index (κ3) is 5.95. The molecule has 0 aliphatic heterocycles. The number of benzene rings is 1. The number of aryl methyl sites for hydroxylation is 1. The van der Waals surface area contributed by atoms with Gasteiger partial charge in [-0.25, -0.2) is 13.2 Å². The Balaban J connectivity index is 2.79. The number of carbonyl (C=O) groups is 2. The van der Waals surface area contributed by atoms with Crippen molar-refractivity contribution >= 4 is 21.7 Å². The normalized spacial score (nSPS) is 12.7. The molecule has 0 fully saturated rings. The van der Waals surface area contributed by atoms with Crippen LogP contribution < -0.4 is 5.32 Å². The molecule has 0 radical (unpaired) electrons. The first-order chi connectivity index (χ1) is 9.73. The molecule has 6 nitrogen and oxygen atoms in total. The van der Waals surface area contributed by atoms with E-state index < -0.39 is 33.5 Å². The van der Waals surface area contributed by atoms with Gasteiger partial charge >= 0.3 is 5.97 Å². The number of carboxylic acids is 1. The van der Waals surface area contributed by atoms with Crippen LogP contribution in [0.3, 0.4) is 0 Å². The van der Waals surface area contributed by atoms with Gasteiger partial charge in [-0.05, 0) is 17.5 Å². The Morgan fingerprint density at radius 2 is 1.71 bits per heavy atom. The molecular formula is C14H19NO5S. The highest BCUT2D eigenvalue weighted by Crippen LogP contribution is 2.10. The number of hydrogen-bond donors (Lipinski definition) is 2. The molecule has 0 aromatic heterocycles. The molecule has 1 unspecified atom stereocenters. The average molecular weight is 313 g/mol. The Hall–Kier alpha value is -1.89. The van der Waals surface area contributed by atoms with Crippen molar-refractivity contribution in [1.82, 2.24) is 5.32 Å². The largest absolute Gasteiger partial charge is 0.480 e. The number of hydrogen-bond acceptors (Lipinski definition) is 4. The maximum absolute atomic E-state index is 12.0. The van der Waals surface area contributed by atoms with Crippen LogP contribution in [0.25, 0.3) is 0 Å². The van der Waals surface area contributed by atoms with Crippen molar-refractivity contribution in [3.05, 3.63) is 35.4 Å². The average Bonchev–Trinajstić information content (AvgIpc) is 2.37. The SMILES string of the molecule is CCc1ccc(CS(=O)(=O)CC(NC(C)=O)C(=O)O)cc1. The predicted molar refractivity (Wildman–Crippen MR) is 78.6 cm³/mol. The molecule has 0 aliphatic rings. The summed E-state index contributed by atoms with van der Waals surface area (Å²) in [4.78, 5) is 21.9. The summed E-state index contributed by atoms with van der Waals surface area (Å²) in [6, 6.07) is 5.68. The standard InChI is InChI=1S/C14H19NO5S/c1-3-11-4-6-12(7-5-11)8-21(19,20)9-13(14(17)18)15-10(2)16/h4-7,13H,3,8-9H2,1-2H3,(H,15,16)(H,17,18). The fourth-order valence-corrected chi connectivity index (χ4v) is 3.41. The molecular weight excluding hydrogens is 294 g/mol. The fraction of sp³-hybridized carbons (Fsp3) is 0.429. The maximum Gasteiger partial charge on any atom is 0.327 e. The van der Waals surface area contributed by atoms with Crippen molar-refractivity contribution in [3.8, 4) is 0 Å². The molecule has 2 N–H and O–H groups in total. The van der Waals surface area contributed by atoms with E-state index in [4.69, 9.17) is 5.11 Å². The van der Waals surface area contributed by atoms with E-state index in [-0.39, 0.29) is 5.75 Å². The smallest absolute Gasteiger partial charge is 0.327 e. The first kappa shape index (κ1) is 17.2. The van der Waals surface area contributed by atoms with Crippen LogP contribution in [-0.2, 0) is 31.6 Å². The summed E-state index contributed by atoms with van der Waals surface area (Å²) in [6.45, 7) is 3.14. The second-order valence-electron chi connectivity index (χ2n) is 4.82. The topological polar surface area (TPSA) is 101 Å². The lowest BCUT2D eigenvalue weighted by Gasteiger charge is -2.13. The van der Waals surface area contributed by atoms with E-state index in [9.17, 15) is 18.0 Å². The van der Waals surface area contributed by atoms with Crippen LogP contribution in [0.4, 0.5) is 0 Å². The summed E-state index contributed by atoms with van der Waals surface area (Å²) in [5, 5.41) is 11.1. The summed E-state index contributed by atoms with van der Waals surface area (Å²) in [5.41, 5.74) is 1.69. The number of rotatable bonds is 7. The number of amides is 1. The van der Waals surface area contributed by atoms with Gasteiger partial charge in [-0.1, -0.05) is 31.2 Å². The quantitative estimate of drug-likeness (QED) is 0.774. The third-order valence-corrected chi connectivity index (χ3v) is 4.53. The minimum Gasteiger partial charge on any atom is -0.480 e. The van der Waals surface area contributed by atoms with Gasteiger partial charge in [-0.15, -0.1) is 0 Å². The minimum absolute atomic E-state index is 0.250.